The SMILES string of the molecule is COCC(C)CC(=O)NC(C)c1ncc[nH]1. The van der Waals surface area contributed by atoms with E-state index in [0.29, 0.717) is 13.0 Å². The van der Waals surface area contributed by atoms with Crippen LogP contribution in [-0.2, 0) is 9.53 Å². The molecule has 0 aromatic carbocycles. The van der Waals surface area contributed by atoms with E-state index in [1.807, 2.05) is 13.8 Å². The number of nitrogens with zero attached hydrogens (tertiary/aromatic N) is 1. The number of hydrogen-bond acceptors (Lipinski definition) is 3. The predicted octanol–water partition coefficient (Wildman–Crippen LogP) is 1.26. The molecule has 1 heterocycles. The van der Waals surface area contributed by atoms with Gasteiger partial charge in [0.25, 0.3) is 0 Å². The lowest BCUT2D eigenvalue weighted by Gasteiger charge is -2.14. The molecule has 2 N–H and O–H groups in total. The maximum Gasteiger partial charge on any atom is 0.220 e. The molecule has 0 saturated carbocycles. The number of amides is 1. The molecule has 1 aromatic heterocycles. The van der Waals surface area contributed by atoms with Crippen LogP contribution in [0.4, 0.5) is 0 Å². The zero-order valence-corrected chi connectivity index (χ0v) is 9.99. The molecule has 0 aliphatic heterocycles. The van der Waals surface area contributed by atoms with E-state index in [1.165, 1.54) is 0 Å². The minimum Gasteiger partial charge on any atom is -0.384 e. The number of H-pyrrole nitrogens is 1. The molecular weight excluding hydrogens is 206 g/mol. The van der Waals surface area contributed by atoms with Crippen molar-refractivity contribution < 1.29 is 9.53 Å². The first-order valence-corrected chi connectivity index (χ1v) is 5.41. The van der Waals surface area contributed by atoms with Crippen LogP contribution in [0.1, 0.15) is 32.1 Å². The topological polar surface area (TPSA) is 67.0 Å². The maximum atomic E-state index is 11.6. The second-order valence-electron chi connectivity index (χ2n) is 4.03. The normalized spacial score (nSPS) is 14.4. The Balaban J connectivity index is 2.34. The molecule has 5 heteroatoms. The second kappa shape index (κ2) is 6.27. The van der Waals surface area contributed by atoms with Crippen molar-refractivity contribution in [3.8, 4) is 0 Å². The van der Waals surface area contributed by atoms with Gasteiger partial charge in [-0.25, -0.2) is 4.98 Å². The Morgan fingerprint density at radius 2 is 2.38 bits per heavy atom. The Hall–Kier alpha value is -1.36. The quantitative estimate of drug-likeness (QED) is 0.766. The van der Waals surface area contributed by atoms with Crippen molar-refractivity contribution in [1.82, 2.24) is 15.3 Å². The maximum absolute atomic E-state index is 11.6. The average molecular weight is 225 g/mol. The number of aromatic nitrogens is 2. The number of imidazole rings is 1. The highest BCUT2D eigenvalue weighted by Gasteiger charge is 2.13. The van der Waals surface area contributed by atoms with Crippen molar-refractivity contribution in [1.29, 1.82) is 0 Å². The van der Waals surface area contributed by atoms with Gasteiger partial charge in [-0.3, -0.25) is 4.79 Å². The van der Waals surface area contributed by atoms with Gasteiger partial charge in [-0.15, -0.1) is 0 Å². The lowest BCUT2D eigenvalue weighted by molar-refractivity contribution is -0.123. The van der Waals surface area contributed by atoms with Gasteiger partial charge in [0.15, 0.2) is 0 Å². The number of carbonyl (C=O) groups excluding carboxylic acids is 1. The summed E-state index contributed by atoms with van der Waals surface area (Å²) >= 11 is 0. The summed E-state index contributed by atoms with van der Waals surface area (Å²) in [7, 11) is 1.64. The molecule has 0 aliphatic carbocycles. The molecule has 16 heavy (non-hydrogen) atoms. The summed E-state index contributed by atoms with van der Waals surface area (Å²) in [6.07, 6.45) is 3.88. The van der Waals surface area contributed by atoms with E-state index in [9.17, 15) is 4.79 Å². The van der Waals surface area contributed by atoms with E-state index >= 15 is 0 Å². The molecule has 1 rings (SSSR count). The molecule has 2 atom stereocenters. The molecule has 0 spiro atoms. The van der Waals surface area contributed by atoms with E-state index in [2.05, 4.69) is 15.3 Å². The standard InChI is InChI=1S/C11H19N3O2/c1-8(7-16-3)6-10(15)14-9(2)11-12-4-5-13-11/h4-5,8-9H,6-7H2,1-3H3,(H,12,13)(H,14,15). The van der Waals surface area contributed by atoms with Crippen molar-refractivity contribution in [2.75, 3.05) is 13.7 Å². The monoisotopic (exact) mass is 225 g/mol. The highest BCUT2D eigenvalue weighted by atomic mass is 16.5. The minimum atomic E-state index is -0.0859. The lowest BCUT2D eigenvalue weighted by Crippen LogP contribution is -2.29. The van der Waals surface area contributed by atoms with Crippen LogP contribution in [0.5, 0.6) is 0 Å². The van der Waals surface area contributed by atoms with Crippen molar-refractivity contribution in [3.63, 3.8) is 0 Å². The van der Waals surface area contributed by atoms with E-state index in [1.54, 1.807) is 19.5 Å². The van der Waals surface area contributed by atoms with Crippen LogP contribution in [-0.4, -0.2) is 29.6 Å². The molecule has 0 aliphatic rings. The van der Waals surface area contributed by atoms with E-state index in [-0.39, 0.29) is 17.9 Å². The van der Waals surface area contributed by atoms with Crippen LogP contribution in [0.25, 0.3) is 0 Å². The summed E-state index contributed by atoms with van der Waals surface area (Å²) in [4.78, 5) is 18.7. The molecule has 1 aromatic rings. The van der Waals surface area contributed by atoms with Gasteiger partial charge >= 0.3 is 0 Å². The average Bonchev–Trinajstić information content (AvgIpc) is 2.69. The van der Waals surface area contributed by atoms with Gasteiger partial charge in [-0.05, 0) is 12.8 Å². The van der Waals surface area contributed by atoms with Gasteiger partial charge in [0, 0.05) is 32.5 Å². The first kappa shape index (κ1) is 12.7. The molecule has 0 saturated heterocycles. The van der Waals surface area contributed by atoms with Gasteiger partial charge in [-0.2, -0.15) is 0 Å². The fraction of sp³-hybridized carbons (Fsp3) is 0.636. The van der Waals surface area contributed by atoms with E-state index in [4.69, 9.17) is 4.74 Å². The van der Waals surface area contributed by atoms with Gasteiger partial charge in [-0.1, -0.05) is 6.92 Å². The van der Waals surface area contributed by atoms with Crippen LogP contribution in [0.2, 0.25) is 0 Å². The number of ether oxygens (including phenoxy) is 1. The lowest BCUT2D eigenvalue weighted by atomic mass is 10.1. The molecule has 2 unspecified atom stereocenters. The molecule has 5 nitrogen and oxygen atoms in total. The first-order valence-electron chi connectivity index (χ1n) is 5.41. The van der Waals surface area contributed by atoms with Crippen molar-refractivity contribution in [2.45, 2.75) is 26.3 Å². The highest BCUT2D eigenvalue weighted by Crippen LogP contribution is 2.07. The van der Waals surface area contributed by atoms with E-state index in [0.717, 1.165) is 5.82 Å². The number of rotatable bonds is 6. The molecule has 0 bridgehead atoms. The van der Waals surface area contributed by atoms with Crippen molar-refractivity contribution in [3.05, 3.63) is 18.2 Å². The predicted molar refractivity (Wildman–Crippen MR) is 60.8 cm³/mol. The third-order valence-electron chi connectivity index (χ3n) is 2.29. The van der Waals surface area contributed by atoms with Gasteiger partial charge in [0.05, 0.1) is 6.04 Å². The summed E-state index contributed by atoms with van der Waals surface area (Å²) in [5, 5.41) is 2.88. The number of aromatic amines is 1. The second-order valence-corrected chi connectivity index (χ2v) is 4.03. The van der Waals surface area contributed by atoms with Crippen LogP contribution >= 0.6 is 0 Å². The number of methoxy groups -OCH3 is 1. The third-order valence-corrected chi connectivity index (χ3v) is 2.29. The first-order chi connectivity index (χ1) is 7.63. The summed E-state index contributed by atoms with van der Waals surface area (Å²) in [5.41, 5.74) is 0. The van der Waals surface area contributed by atoms with Crippen molar-refractivity contribution in [2.24, 2.45) is 5.92 Å². The van der Waals surface area contributed by atoms with Gasteiger partial charge in [0.1, 0.15) is 5.82 Å². The molecule has 0 fully saturated rings. The van der Waals surface area contributed by atoms with Crippen LogP contribution < -0.4 is 5.32 Å². The Morgan fingerprint density at radius 1 is 1.62 bits per heavy atom. The van der Waals surface area contributed by atoms with Crippen molar-refractivity contribution >= 4 is 5.91 Å². The Morgan fingerprint density at radius 3 is 2.94 bits per heavy atom. The zero-order valence-electron chi connectivity index (χ0n) is 9.99. The molecule has 0 radical (unpaired) electrons. The summed E-state index contributed by atoms with van der Waals surface area (Å²) in [5.74, 6) is 1.02. The Labute approximate surface area is 95.6 Å². The van der Waals surface area contributed by atoms with Crippen LogP contribution in [0, 0.1) is 5.92 Å². The van der Waals surface area contributed by atoms with Crippen LogP contribution in [0.15, 0.2) is 12.4 Å². The molecule has 1 amide bonds. The highest BCUT2D eigenvalue weighted by molar-refractivity contribution is 5.76. The Kier molecular flexibility index (Phi) is 4.98. The largest absolute Gasteiger partial charge is 0.384 e. The fourth-order valence-electron chi connectivity index (χ4n) is 1.54. The number of carbonyl (C=O) groups is 1. The smallest absolute Gasteiger partial charge is 0.220 e. The molecule has 90 valence electrons. The zero-order chi connectivity index (χ0) is 12.0. The third kappa shape index (κ3) is 4.02. The number of hydrogen-bond donors (Lipinski definition) is 2. The minimum absolute atomic E-state index is 0.0217. The molecular formula is C11H19N3O2. The summed E-state index contributed by atoms with van der Waals surface area (Å²) < 4.78 is 4.98. The summed E-state index contributed by atoms with van der Waals surface area (Å²) in [6.45, 7) is 4.49. The van der Waals surface area contributed by atoms with Crippen LogP contribution in [0.3, 0.4) is 0 Å². The van der Waals surface area contributed by atoms with Gasteiger partial charge in [0.2, 0.25) is 5.91 Å². The summed E-state index contributed by atoms with van der Waals surface area (Å²) in [6, 6.07) is -0.0859. The Bertz CT molecular complexity index is 311. The fourth-order valence-corrected chi connectivity index (χ4v) is 1.54. The number of nitrogens with one attached hydrogen (secondary N) is 2. The van der Waals surface area contributed by atoms with Gasteiger partial charge < -0.3 is 15.0 Å². The van der Waals surface area contributed by atoms with E-state index < -0.39 is 0 Å².